The zero-order chi connectivity index (χ0) is 17.8. The van der Waals surface area contributed by atoms with Crippen LogP contribution in [0.1, 0.15) is 50.1 Å². The van der Waals surface area contributed by atoms with E-state index in [1.165, 1.54) is 33.3 Å². The third-order valence-electron chi connectivity index (χ3n) is 5.61. The molecule has 1 aliphatic rings. The number of fused-ring (bicyclic) bond motifs is 2. The van der Waals surface area contributed by atoms with Gasteiger partial charge in [-0.3, -0.25) is 9.69 Å². The molecule has 2 N–H and O–H groups in total. The van der Waals surface area contributed by atoms with Gasteiger partial charge in [0.1, 0.15) is 0 Å². The molecule has 2 aromatic rings. The van der Waals surface area contributed by atoms with Crippen LogP contribution in [-0.4, -0.2) is 20.9 Å². The third kappa shape index (κ3) is 2.73. The Balaban J connectivity index is 2.07. The van der Waals surface area contributed by atoms with E-state index >= 15 is 0 Å². The standard InChI is InChI=1S/C20H29N3O/c1-12(19(21)24)7-16-13(2)22(6)18-9-15-11-23(20(3,4)5)10-14(15)8-17(16)18/h8-9,12H,7,10-11H2,1-6H3,(H2,21,24). The highest BCUT2D eigenvalue weighted by Crippen LogP contribution is 2.35. The van der Waals surface area contributed by atoms with E-state index in [9.17, 15) is 4.79 Å². The van der Waals surface area contributed by atoms with E-state index in [4.69, 9.17) is 5.73 Å². The van der Waals surface area contributed by atoms with Crippen molar-refractivity contribution >= 4 is 16.8 Å². The van der Waals surface area contributed by atoms with Crippen LogP contribution in [0.3, 0.4) is 0 Å². The monoisotopic (exact) mass is 327 g/mol. The van der Waals surface area contributed by atoms with Gasteiger partial charge in [-0.1, -0.05) is 6.92 Å². The van der Waals surface area contributed by atoms with E-state index in [1.807, 2.05) is 6.92 Å². The largest absolute Gasteiger partial charge is 0.369 e. The summed E-state index contributed by atoms with van der Waals surface area (Å²) in [5, 5.41) is 1.28. The van der Waals surface area contributed by atoms with Crippen LogP contribution < -0.4 is 5.73 Å². The van der Waals surface area contributed by atoms with Crippen LogP contribution in [0.25, 0.3) is 10.9 Å². The minimum Gasteiger partial charge on any atom is -0.369 e. The van der Waals surface area contributed by atoms with Gasteiger partial charge >= 0.3 is 0 Å². The molecule has 0 saturated carbocycles. The fraction of sp³-hybridized carbons (Fsp3) is 0.550. The fourth-order valence-electron chi connectivity index (χ4n) is 3.67. The van der Waals surface area contributed by atoms with Crippen LogP contribution in [0, 0.1) is 12.8 Å². The van der Waals surface area contributed by atoms with E-state index in [2.05, 4.69) is 56.3 Å². The van der Waals surface area contributed by atoms with Crippen molar-refractivity contribution in [3.63, 3.8) is 0 Å². The van der Waals surface area contributed by atoms with Gasteiger partial charge < -0.3 is 10.3 Å². The number of carbonyl (C=O) groups excluding carboxylic acids is 1. The van der Waals surface area contributed by atoms with Gasteiger partial charge in [-0.25, -0.2) is 0 Å². The molecule has 2 heterocycles. The molecule has 1 amide bonds. The molecule has 0 radical (unpaired) electrons. The lowest BCUT2D eigenvalue weighted by Crippen LogP contribution is -2.36. The highest BCUT2D eigenvalue weighted by Gasteiger charge is 2.29. The molecule has 1 atom stereocenters. The van der Waals surface area contributed by atoms with E-state index < -0.39 is 0 Å². The molecule has 0 aliphatic carbocycles. The molecule has 4 nitrogen and oxygen atoms in total. The van der Waals surface area contributed by atoms with Crippen LogP contribution in [0.4, 0.5) is 0 Å². The molecule has 0 fully saturated rings. The quantitative estimate of drug-likeness (QED) is 0.940. The van der Waals surface area contributed by atoms with Gasteiger partial charge in [-0.15, -0.1) is 0 Å². The Bertz CT molecular complexity index is 811. The number of nitrogens with zero attached hydrogens (tertiary/aromatic N) is 2. The van der Waals surface area contributed by atoms with Crippen molar-refractivity contribution in [1.29, 1.82) is 0 Å². The lowest BCUT2D eigenvalue weighted by molar-refractivity contribution is -0.121. The number of amides is 1. The number of primary amides is 1. The Labute approximate surface area is 144 Å². The second-order valence-electron chi connectivity index (χ2n) is 8.30. The second-order valence-corrected chi connectivity index (χ2v) is 8.30. The second kappa shape index (κ2) is 5.62. The van der Waals surface area contributed by atoms with E-state index in [0.717, 1.165) is 13.1 Å². The first-order valence-electron chi connectivity index (χ1n) is 8.73. The van der Waals surface area contributed by atoms with Crippen molar-refractivity contribution in [2.45, 2.75) is 59.7 Å². The van der Waals surface area contributed by atoms with Crippen LogP contribution in [0.5, 0.6) is 0 Å². The number of carbonyl (C=O) groups is 1. The summed E-state index contributed by atoms with van der Waals surface area (Å²) in [6, 6.07) is 4.67. The average molecular weight is 327 g/mol. The molecule has 1 aromatic carbocycles. The summed E-state index contributed by atoms with van der Waals surface area (Å²) in [6.07, 6.45) is 0.709. The molecule has 130 valence electrons. The normalized spacial score (nSPS) is 16.6. The number of hydrogen-bond donors (Lipinski definition) is 1. The zero-order valence-electron chi connectivity index (χ0n) is 15.7. The maximum Gasteiger partial charge on any atom is 0.220 e. The molecule has 4 heteroatoms. The minimum absolute atomic E-state index is 0.145. The molecule has 3 rings (SSSR count). The van der Waals surface area contributed by atoms with Crippen molar-refractivity contribution in [2.24, 2.45) is 18.7 Å². The van der Waals surface area contributed by atoms with Gasteiger partial charge in [0, 0.05) is 48.2 Å². The smallest absolute Gasteiger partial charge is 0.220 e. The summed E-state index contributed by atoms with van der Waals surface area (Å²) < 4.78 is 2.25. The Morgan fingerprint density at radius 2 is 1.83 bits per heavy atom. The van der Waals surface area contributed by atoms with Crippen LogP contribution in [0.15, 0.2) is 12.1 Å². The number of benzene rings is 1. The molecule has 0 bridgehead atoms. The fourth-order valence-corrected chi connectivity index (χ4v) is 3.67. The van der Waals surface area contributed by atoms with Gasteiger partial charge in [-0.2, -0.15) is 0 Å². The van der Waals surface area contributed by atoms with Gasteiger partial charge in [0.2, 0.25) is 5.91 Å². The van der Waals surface area contributed by atoms with Crippen LogP contribution in [-0.2, 0) is 31.4 Å². The number of aryl methyl sites for hydroxylation is 1. The molecule has 1 unspecified atom stereocenters. The lowest BCUT2D eigenvalue weighted by atomic mass is 9.96. The molecule has 1 aromatic heterocycles. The maximum absolute atomic E-state index is 11.5. The third-order valence-corrected chi connectivity index (χ3v) is 5.61. The van der Waals surface area contributed by atoms with Crippen molar-refractivity contribution in [1.82, 2.24) is 9.47 Å². The number of rotatable bonds is 3. The van der Waals surface area contributed by atoms with Crippen molar-refractivity contribution in [2.75, 3.05) is 0 Å². The maximum atomic E-state index is 11.5. The lowest BCUT2D eigenvalue weighted by Gasteiger charge is -2.31. The molecule has 24 heavy (non-hydrogen) atoms. The summed E-state index contributed by atoms with van der Waals surface area (Å²) in [7, 11) is 2.11. The van der Waals surface area contributed by atoms with E-state index in [1.54, 1.807) is 0 Å². The Kier molecular flexibility index (Phi) is 3.99. The van der Waals surface area contributed by atoms with Gasteiger partial charge in [0.25, 0.3) is 0 Å². The highest BCUT2D eigenvalue weighted by atomic mass is 16.1. The zero-order valence-corrected chi connectivity index (χ0v) is 15.7. The first-order valence-corrected chi connectivity index (χ1v) is 8.73. The predicted octanol–water partition coefficient (Wildman–Crippen LogP) is 3.26. The van der Waals surface area contributed by atoms with Gasteiger partial charge in [-0.05, 0) is 62.9 Å². The molecule has 1 aliphatic heterocycles. The van der Waals surface area contributed by atoms with Crippen molar-refractivity contribution in [3.8, 4) is 0 Å². The number of nitrogens with two attached hydrogens (primary N) is 1. The van der Waals surface area contributed by atoms with E-state index in [0.29, 0.717) is 6.42 Å². The first kappa shape index (κ1) is 17.0. The number of aromatic nitrogens is 1. The SMILES string of the molecule is Cc1c(CC(C)C(N)=O)c2cc3c(cc2n1C)CN(C(C)(C)C)C3. The topological polar surface area (TPSA) is 51.3 Å². The Morgan fingerprint density at radius 3 is 2.38 bits per heavy atom. The van der Waals surface area contributed by atoms with Crippen molar-refractivity contribution in [3.05, 3.63) is 34.5 Å². The summed E-state index contributed by atoms with van der Waals surface area (Å²) >= 11 is 0. The summed E-state index contributed by atoms with van der Waals surface area (Å²) in [5.74, 6) is -0.375. The molecule has 0 saturated heterocycles. The van der Waals surface area contributed by atoms with Crippen molar-refractivity contribution < 1.29 is 4.79 Å². The predicted molar refractivity (Wildman–Crippen MR) is 98.7 cm³/mol. The van der Waals surface area contributed by atoms with Gasteiger partial charge in [0.15, 0.2) is 0 Å². The van der Waals surface area contributed by atoms with E-state index in [-0.39, 0.29) is 17.4 Å². The molecule has 0 spiro atoms. The number of hydrogen-bond acceptors (Lipinski definition) is 2. The molecular weight excluding hydrogens is 298 g/mol. The Hall–Kier alpha value is -1.81. The Morgan fingerprint density at radius 1 is 1.25 bits per heavy atom. The first-order chi connectivity index (χ1) is 11.1. The van der Waals surface area contributed by atoms with Crippen LogP contribution in [0.2, 0.25) is 0 Å². The average Bonchev–Trinajstić information content (AvgIpc) is 3.00. The van der Waals surface area contributed by atoms with Crippen LogP contribution >= 0.6 is 0 Å². The highest BCUT2D eigenvalue weighted by molar-refractivity contribution is 5.88. The summed E-state index contributed by atoms with van der Waals surface area (Å²) in [6.45, 7) is 12.8. The minimum atomic E-state index is -0.230. The summed E-state index contributed by atoms with van der Waals surface area (Å²) in [5.41, 5.74) is 12.2. The molecular formula is C20H29N3O. The van der Waals surface area contributed by atoms with Gasteiger partial charge in [0.05, 0.1) is 0 Å². The summed E-state index contributed by atoms with van der Waals surface area (Å²) in [4.78, 5) is 14.0.